The molecule has 0 spiro atoms. The fourth-order valence-corrected chi connectivity index (χ4v) is 3.23. The molecule has 1 saturated heterocycles. The van der Waals surface area contributed by atoms with E-state index in [1.54, 1.807) is 7.11 Å². The van der Waals surface area contributed by atoms with Crippen LogP contribution in [-0.4, -0.2) is 57.2 Å². The molecular weight excluding hydrogens is 345 g/mol. The number of rotatable bonds is 7. The lowest BCUT2D eigenvalue weighted by Crippen LogP contribution is -2.47. The maximum Gasteiger partial charge on any atom is 0.251 e. The van der Waals surface area contributed by atoms with Crippen LogP contribution in [0.3, 0.4) is 0 Å². The number of carbonyl (C=O) groups excluding carboxylic acids is 1. The average molecular weight is 371 g/mol. The molecule has 1 amide bonds. The minimum absolute atomic E-state index is 0.153. The van der Waals surface area contributed by atoms with E-state index in [0.717, 1.165) is 44.9 Å². The minimum atomic E-state index is -0.333. The first kappa shape index (κ1) is 19.2. The number of anilines is 1. The average Bonchev–Trinajstić information content (AvgIpc) is 2.72. The first-order valence-electron chi connectivity index (χ1n) is 9.31. The van der Waals surface area contributed by atoms with Crippen LogP contribution in [0.25, 0.3) is 0 Å². The molecule has 0 aliphatic carbocycles. The van der Waals surface area contributed by atoms with Crippen molar-refractivity contribution in [3.8, 4) is 5.75 Å². The number of benzene rings is 2. The highest BCUT2D eigenvalue weighted by molar-refractivity contribution is 5.94. The summed E-state index contributed by atoms with van der Waals surface area (Å²) in [7, 11) is 1.68. The van der Waals surface area contributed by atoms with Gasteiger partial charge in [0.25, 0.3) is 5.91 Å². The van der Waals surface area contributed by atoms with Crippen LogP contribution in [0, 0.1) is 5.82 Å². The molecule has 144 valence electrons. The van der Waals surface area contributed by atoms with Crippen LogP contribution in [0.5, 0.6) is 5.75 Å². The van der Waals surface area contributed by atoms with E-state index < -0.39 is 0 Å². The van der Waals surface area contributed by atoms with E-state index in [-0.39, 0.29) is 11.7 Å². The van der Waals surface area contributed by atoms with Crippen LogP contribution in [0.4, 0.5) is 10.1 Å². The van der Waals surface area contributed by atoms with Gasteiger partial charge in [0, 0.05) is 44.0 Å². The number of nitrogens with one attached hydrogen (secondary N) is 1. The van der Waals surface area contributed by atoms with Crippen molar-refractivity contribution >= 4 is 11.6 Å². The summed E-state index contributed by atoms with van der Waals surface area (Å²) in [6.07, 6.45) is 0.898. The van der Waals surface area contributed by atoms with Crippen molar-refractivity contribution in [3.05, 3.63) is 59.9 Å². The third kappa shape index (κ3) is 5.44. The highest BCUT2D eigenvalue weighted by atomic mass is 19.1. The van der Waals surface area contributed by atoms with Gasteiger partial charge in [0.05, 0.1) is 7.11 Å². The van der Waals surface area contributed by atoms with E-state index in [9.17, 15) is 9.18 Å². The molecule has 0 bridgehead atoms. The van der Waals surface area contributed by atoms with Crippen molar-refractivity contribution in [1.82, 2.24) is 10.2 Å². The van der Waals surface area contributed by atoms with Gasteiger partial charge in [-0.15, -0.1) is 0 Å². The standard InChI is InChI=1S/C21H26FN3O2/c1-27-20-9-7-19(8-10-20)25-15-13-24(14-16-25)12-2-11-23-21(26)17-3-5-18(22)6-4-17/h3-10H,2,11-16H2,1H3,(H,23,26). The summed E-state index contributed by atoms with van der Waals surface area (Å²) in [6.45, 7) is 5.59. The number of piperazine rings is 1. The zero-order valence-corrected chi connectivity index (χ0v) is 15.7. The van der Waals surface area contributed by atoms with Crippen LogP contribution in [-0.2, 0) is 0 Å². The number of halogens is 1. The van der Waals surface area contributed by atoms with Gasteiger partial charge in [0.15, 0.2) is 0 Å². The van der Waals surface area contributed by atoms with Crippen molar-refractivity contribution < 1.29 is 13.9 Å². The Kier molecular flexibility index (Phi) is 6.65. The van der Waals surface area contributed by atoms with E-state index in [1.165, 1.54) is 30.0 Å². The molecule has 5 nitrogen and oxygen atoms in total. The zero-order valence-electron chi connectivity index (χ0n) is 15.7. The summed E-state index contributed by atoms with van der Waals surface area (Å²) < 4.78 is 18.1. The lowest BCUT2D eigenvalue weighted by atomic mass is 10.2. The predicted molar refractivity (Wildman–Crippen MR) is 105 cm³/mol. The molecule has 0 saturated carbocycles. The van der Waals surface area contributed by atoms with Crippen molar-refractivity contribution in [3.63, 3.8) is 0 Å². The van der Waals surface area contributed by atoms with Crippen LogP contribution in [0.15, 0.2) is 48.5 Å². The van der Waals surface area contributed by atoms with E-state index >= 15 is 0 Å². The quantitative estimate of drug-likeness (QED) is 0.761. The van der Waals surface area contributed by atoms with Gasteiger partial charge in [-0.2, -0.15) is 0 Å². The first-order chi connectivity index (χ1) is 13.2. The zero-order chi connectivity index (χ0) is 19.1. The number of methoxy groups -OCH3 is 1. The molecule has 0 radical (unpaired) electrons. The number of nitrogens with zero attached hydrogens (tertiary/aromatic N) is 2. The molecule has 0 atom stereocenters. The van der Waals surface area contributed by atoms with Crippen LogP contribution in [0.2, 0.25) is 0 Å². The topological polar surface area (TPSA) is 44.8 Å². The van der Waals surface area contributed by atoms with E-state index in [0.29, 0.717) is 12.1 Å². The number of ether oxygens (including phenoxy) is 1. The smallest absolute Gasteiger partial charge is 0.251 e. The lowest BCUT2D eigenvalue weighted by Gasteiger charge is -2.36. The summed E-state index contributed by atoms with van der Waals surface area (Å²) in [5.74, 6) is 0.389. The SMILES string of the molecule is COc1ccc(N2CCN(CCCNC(=O)c3ccc(F)cc3)CC2)cc1. The Morgan fingerprint density at radius 2 is 1.70 bits per heavy atom. The molecule has 27 heavy (non-hydrogen) atoms. The van der Waals surface area contributed by atoms with Gasteiger partial charge in [0.2, 0.25) is 0 Å². The highest BCUT2D eigenvalue weighted by Crippen LogP contribution is 2.20. The third-order valence-electron chi connectivity index (χ3n) is 4.85. The van der Waals surface area contributed by atoms with Crippen LogP contribution in [0.1, 0.15) is 16.8 Å². The predicted octanol–water partition coefficient (Wildman–Crippen LogP) is 2.78. The molecule has 2 aromatic carbocycles. The number of hydrogen-bond donors (Lipinski definition) is 1. The van der Waals surface area contributed by atoms with E-state index in [2.05, 4.69) is 27.2 Å². The molecule has 1 fully saturated rings. The summed E-state index contributed by atoms with van der Waals surface area (Å²) in [6, 6.07) is 13.8. The summed E-state index contributed by atoms with van der Waals surface area (Å²) >= 11 is 0. The summed E-state index contributed by atoms with van der Waals surface area (Å²) in [5, 5.41) is 2.89. The molecule has 0 aromatic heterocycles. The Hall–Kier alpha value is -2.60. The van der Waals surface area contributed by atoms with Crippen molar-refractivity contribution in [2.24, 2.45) is 0 Å². The number of hydrogen-bond acceptors (Lipinski definition) is 4. The molecular formula is C21H26FN3O2. The van der Waals surface area contributed by atoms with Gasteiger partial charge >= 0.3 is 0 Å². The fraction of sp³-hybridized carbons (Fsp3) is 0.381. The van der Waals surface area contributed by atoms with Crippen LogP contribution >= 0.6 is 0 Å². The number of carbonyl (C=O) groups is 1. The molecule has 1 aliphatic heterocycles. The van der Waals surface area contributed by atoms with Gasteiger partial charge in [0.1, 0.15) is 11.6 Å². The van der Waals surface area contributed by atoms with Gasteiger partial charge in [-0.25, -0.2) is 4.39 Å². The molecule has 1 heterocycles. The molecule has 6 heteroatoms. The van der Waals surface area contributed by atoms with Gasteiger partial charge in [-0.05, 0) is 61.5 Å². The number of amides is 1. The van der Waals surface area contributed by atoms with Crippen molar-refractivity contribution in [2.45, 2.75) is 6.42 Å². The van der Waals surface area contributed by atoms with E-state index in [4.69, 9.17) is 4.74 Å². The van der Waals surface area contributed by atoms with Crippen molar-refractivity contribution in [1.29, 1.82) is 0 Å². The minimum Gasteiger partial charge on any atom is -0.497 e. The van der Waals surface area contributed by atoms with Gasteiger partial charge < -0.3 is 15.0 Å². The van der Waals surface area contributed by atoms with Crippen LogP contribution < -0.4 is 15.0 Å². The molecule has 1 aliphatic rings. The molecule has 3 rings (SSSR count). The second kappa shape index (κ2) is 9.37. The Bertz CT molecular complexity index is 726. The Labute approximate surface area is 159 Å². The summed E-state index contributed by atoms with van der Waals surface area (Å²) in [4.78, 5) is 16.8. The second-order valence-corrected chi connectivity index (χ2v) is 6.64. The second-order valence-electron chi connectivity index (χ2n) is 6.64. The molecule has 2 aromatic rings. The third-order valence-corrected chi connectivity index (χ3v) is 4.85. The summed E-state index contributed by atoms with van der Waals surface area (Å²) in [5.41, 5.74) is 1.71. The fourth-order valence-electron chi connectivity index (χ4n) is 3.23. The Morgan fingerprint density at radius 1 is 1.04 bits per heavy atom. The van der Waals surface area contributed by atoms with Crippen molar-refractivity contribution in [2.75, 3.05) is 51.3 Å². The highest BCUT2D eigenvalue weighted by Gasteiger charge is 2.17. The first-order valence-corrected chi connectivity index (χ1v) is 9.31. The Balaban J connectivity index is 1.34. The maximum atomic E-state index is 12.9. The normalized spacial score (nSPS) is 14.8. The monoisotopic (exact) mass is 371 g/mol. The molecule has 0 unspecified atom stereocenters. The van der Waals surface area contributed by atoms with Gasteiger partial charge in [-0.1, -0.05) is 0 Å². The Morgan fingerprint density at radius 3 is 2.33 bits per heavy atom. The maximum absolute atomic E-state index is 12.9. The van der Waals surface area contributed by atoms with Gasteiger partial charge in [-0.3, -0.25) is 9.69 Å². The largest absolute Gasteiger partial charge is 0.497 e. The van der Waals surface area contributed by atoms with E-state index in [1.807, 2.05) is 12.1 Å². The lowest BCUT2D eigenvalue weighted by molar-refractivity contribution is 0.0951. The molecule has 1 N–H and O–H groups in total.